The molecular formula is C26H24N2O4S. The third-order valence-corrected chi connectivity index (χ3v) is 5.89. The van der Waals surface area contributed by atoms with Crippen LogP contribution in [0.2, 0.25) is 0 Å². The number of carbonyl (C=O) groups is 1. The molecule has 1 fully saturated rings. The average Bonchev–Trinajstić information content (AvgIpc) is 3.18. The number of hydrogen-bond acceptors (Lipinski definition) is 6. The number of benzene rings is 3. The summed E-state index contributed by atoms with van der Waals surface area (Å²) < 4.78 is 16.7. The minimum absolute atomic E-state index is 0.209. The first-order valence-electron chi connectivity index (χ1n) is 10.3. The number of nitrogens with one attached hydrogen (secondary N) is 1. The normalized spacial score (nSPS) is 15.5. The van der Waals surface area contributed by atoms with Crippen molar-refractivity contribution in [3.63, 3.8) is 0 Å². The van der Waals surface area contributed by atoms with Gasteiger partial charge in [0.15, 0.2) is 5.17 Å². The Bertz CT molecular complexity index is 1220. The molecule has 0 unspecified atom stereocenters. The number of methoxy groups -OCH3 is 2. The zero-order valence-corrected chi connectivity index (χ0v) is 19.4. The van der Waals surface area contributed by atoms with Gasteiger partial charge in [-0.1, -0.05) is 48.0 Å². The van der Waals surface area contributed by atoms with Gasteiger partial charge in [0.1, 0.15) is 29.5 Å². The molecule has 0 bridgehead atoms. The summed E-state index contributed by atoms with van der Waals surface area (Å²) in [5, 5.41) is 3.29. The van der Waals surface area contributed by atoms with E-state index in [-0.39, 0.29) is 5.91 Å². The number of hydrogen-bond donors (Lipinski definition) is 1. The molecule has 0 aromatic heterocycles. The Morgan fingerprint density at radius 1 is 0.970 bits per heavy atom. The zero-order valence-electron chi connectivity index (χ0n) is 18.6. The van der Waals surface area contributed by atoms with E-state index in [4.69, 9.17) is 14.2 Å². The van der Waals surface area contributed by atoms with Gasteiger partial charge in [-0.15, -0.1) is 0 Å². The van der Waals surface area contributed by atoms with Gasteiger partial charge in [-0.3, -0.25) is 4.79 Å². The van der Waals surface area contributed by atoms with Crippen molar-refractivity contribution < 1.29 is 19.0 Å². The summed E-state index contributed by atoms with van der Waals surface area (Å²) >= 11 is 1.27. The summed E-state index contributed by atoms with van der Waals surface area (Å²) in [5.41, 5.74) is 3.71. The largest absolute Gasteiger partial charge is 0.497 e. The lowest BCUT2D eigenvalue weighted by Crippen LogP contribution is -2.19. The van der Waals surface area contributed by atoms with Crippen molar-refractivity contribution in [1.29, 1.82) is 0 Å². The second-order valence-electron chi connectivity index (χ2n) is 7.33. The number of aryl methyl sites for hydroxylation is 1. The summed E-state index contributed by atoms with van der Waals surface area (Å²) in [5.74, 6) is 1.73. The van der Waals surface area contributed by atoms with E-state index in [0.717, 1.165) is 11.1 Å². The highest BCUT2D eigenvalue weighted by Crippen LogP contribution is 2.35. The van der Waals surface area contributed by atoms with Crippen molar-refractivity contribution in [3.05, 3.63) is 88.3 Å². The molecular weight excluding hydrogens is 436 g/mol. The maximum absolute atomic E-state index is 12.6. The minimum atomic E-state index is -0.209. The number of thioether (sulfide) groups is 1. The van der Waals surface area contributed by atoms with Gasteiger partial charge in [0.2, 0.25) is 0 Å². The van der Waals surface area contributed by atoms with Gasteiger partial charge in [-0.2, -0.15) is 0 Å². The Morgan fingerprint density at radius 3 is 2.52 bits per heavy atom. The fraction of sp³-hybridized carbons (Fsp3) is 0.154. The Kier molecular flexibility index (Phi) is 7.00. The predicted molar refractivity (Wildman–Crippen MR) is 132 cm³/mol. The highest BCUT2D eigenvalue weighted by molar-refractivity contribution is 8.18. The van der Waals surface area contributed by atoms with E-state index in [1.807, 2.05) is 42.5 Å². The minimum Gasteiger partial charge on any atom is -0.497 e. The fourth-order valence-corrected chi connectivity index (χ4v) is 4.01. The third kappa shape index (κ3) is 5.56. The van der Waals surface area contributed by atoms with Gasteiger partial charge >= 0.3 is 0 Å². The van der Waals surface area contributed by atoms with Crippen LogP contribution < -0.4 is 19.5 Å². The van der Waals surface area contributed by atoms with Gasteiger partial charge in [-0.05, 0) is 48.5 Å². The van der Waals surface area contributed by atoms with Crippen molar-refractivity contribution in [2.24, 2.45) is 4.99 Å². The van der Waals surface area contributed by atoms with E-state index in [1.165, 1.54) is 17.3 Å². The second-order valence-corrected chi connectivity index (χ2v) is 8.36. The van der Waals surface area contributed by atoms with Crippen LogP contribution in [-0.2, 0) is 11.4 Å². The molecule has 1 aliphatic rings. The van der Waals surface area contributed by atoms with Crippen molar-refractivity contribution in [2.75, 3.05) is 14.2 Å². The molecule has 6 nitrogen and oxygen atoms in total. The summed E-state index contributed by atoms with van der Waals surface area (Å²) in [6.45, 7) is 2.50. The molecule has 0 atom stereocenters. The van der Waals surface area contributed by atoms with Crippen LogP contribution >= 0.6 is 11.8 Å². The van der Waals surface area contributed by atoms with Crippen LogP contribution in [0.4, 0.5) is 5.69 Å². The molecule has 7 heteroatoms. The molecule has 1 amide bonds. The standard InChI is InChI=1S/C26H24N2O4S/c1-17-8-10-18(11-9-17)16-32-22-7-5-4-6-19(22)14-24-25(29)28-26(33-24)27-21-13-12-20(30-2)15-23(21)31-3/h4-15H,16H2,1-3H3,(H,27,28,29). The quantitative estimate of drug-likeness (QED) is 0.473. The zero-order chi connectivity index (χ0) is 23.2. The molecule has 0 spiro atoms. The maximum Gasteiger partial charge on any atom is 0.264 e. The topological polar surface area (TPSA) is 69.2 Å². The van der Waals surface area contributed by atoms with Crippen molar-refractivity contribution in [2.45, 2.75) is 13.5 Å². The average molecular weight is 461 g/mol. The van der Waals surface area contributed by atoms with Crippen LogP contribution in [0.25, 0.3) is 6.08 Å². The van der Waals surface area contributed by atoms with Crippen LogP contribution in [-0.4, -0.2) is 25.3 Å². The summed E-state index contributed by atoms with van der Waals surface area (Å²) in [6, 6.07) is 21.2. The van der Waals surface area contributed by atoms with Crippen molar-refractivity contribution in [1.82, 2.24) is 5.32 Å². The lowest BCUT2D eigenvalue weighted by molar-refractivity contribution is -0.115. The Morgan fingerprint density at radius 2 is 1.76 bits per heavy atom. The van der Waals surface area contributed by atoms with Crippen LogP contribution in [0.15, 0.2) is 76.6 Å². The third-order valence-electron chi connectivity index (χ3n) is 4.98. The van der Waals surface area contributed by atoms with E-state index in [1.54, 1.807) is 32.4 Å². The number of nitrogens with zero attached hydrogens (tertiary/aromatic N) is 1. The number of aliphatic imine (C=N–C) groups is 1. The van der Waals surface area contributed by atoms with Crippen LogP contribution in [0, 0.1) is 6.92 Å². The number of ether oxygens (including phenoxy) is 3. The number of para-hydroxylation sites is 1. The first-order valence-corrected chi connectivity index (χ1v) is 11.2. The van der Waals surface area contributed by atoms with Gasteiger partial charge in [0.25, 0.3) is 5.91 Å². The predicted octanol–water partition coefficient (Wildman–Crippen LogP) is 5.48. The van der Waals surface area contributed by atoms with E-state index < -0.39 is 0 Å². The van der Waals surface area contributed by atoms with Crippen molar-refractivity contribution in [3.8, 4) is 17.2 Å². The van der Waals surface area contributed by atoms with E-state index in [0.29, 0.717) is 39.6 Å². The molecule has 3 aromatic carbocycles. The van der Waals surface area contributed by atoms with Gasteiger partial charge in [0, 0.05) is 11.6 Å². The second kappa shape index (κ2) is 10.3. The summed E-state index contributed by atoms with van der Waals surface area (Å²) in [4.78, 5) is 17.7. The van der Waals surface area contributed by atoms with E-state index >= 15 is 0 Å². The number of amidine groups is 1. The monoisotopic (exact) mass is 460 g/mol. The molecule has 1 N–H and O–H groups in total. The first-order chi connectivity index (χ1) is 16.1. The highest BCUT2D eigenvalue weighted by Gasteiger charge is 2.24. The van der Waals surface area contributed by atoms with E-state index in [9.17, 15) is 4.79 Å². The Labute approximate surface area is 197 Å². The molecule has 0 aliphatic carbocycles. The summed E-state index contributed by atoms with van der Waals surface area (Å²) in [6.07, 6.45) is 1.82. The lowest BCUT2D eigenvalue weighted by Gasteiger charge is -2.10. The number of rotatable bonds is 7. The molecule has 3 aromatic rings. The molecule has 0 radical (unpaired) electrons. The SMILES string of the molecule is COc1ccc(N=C2NC(=O)C(=Cc3ccccc3OCc3ccc(C)cc3)S2)c(OC)c1. The fourth-order valence-electron chi connectivity index (χ4n) is 3.19. The van der Waals surface area contributed by atoms with Crippen LogP contribution in [0.3, 0.4) is 0 Å². The Hall–Kier alpha value is -3.71. The van der Waals surface area contributed by atoms with E-state index in [2.05, 4.69) is 29.4 Å². The van der Waals surface area contributed by atoms with Crippen LogP contribution in [0.1, 0.15) is 16.7 Å². The molecule has 168 valence electrons. The lowest BCUT2D eigenvalue weighted by atomic mass is 10.1. The van der Waals surface area contributed by atoms with Crippen molar-refractivity contribution >= 4 is 34.6 Å². The molecule has 1 aliphatic heterocycles. The molecule has 0 saturated carbocycles. The number of amides is 1. The molecule has 1 saturated heterocycles. The van der Waals surface area contributed by atoms with Gasteiger partial charge in [0.05, 0.1) is 19.1 Å². The van der Waals surface area contributed by atoms with Gasteiger partial charge < -0.3 is 19.5 Å². The maximum atomic E-state index is 12.6. The molecule has 33 heavy (non-hydrogen) atoms. The van der Waals surface area contributed by atoms with Crippen LogP contribution in [0.5, 0.6) is 17.2 Å². The molecule has 4 rings (SSSR count). The Balaban J connectivity index is 1.53. The first kappa shape index (κ1) is 22.5. The number of carbonyl (C=O) groups excluding carboxylic acids is 1. The smallest absolute Gasteiger partial charge is 0.264 e. The summed E-state index contributed by atoms with van der Waals surface area (Å²) in [7, 11) is 3.16. The highest BCUT2D eigenvalue weighted by atomic mass is 32.2. The van der Waals surface area contributed by atoms with Gasteiger partial charge in [-0.25, -0.2) is 4.99 Å². The molecule has 1 heterocycles.